The van der Waals surface area contributed by atoms with Gasteiger partial charge in [-0.2, -0.15) is 0 Å². The quantitative estimate of drug-likeness (QED) is 0.694. The van der Waals surface area contributed by atoms with Gasteiger partial charge in [0, 0.05) is 5.69 Å². The van der Waals surface area contributed by atoms with Gasteiger partial charge in [-0.15, -0.1) is 0 Å². The lowest BCUT2D eigenvalue weighted by Crippen LogP contribution is -2.14. The molecule has 0 saturated heterocycles. The standard InChI is InChI=1S/C20H21N3O2S/c1-14-8-10-18(16(3)12-14)22-20-11-9-17(13-21-20)23-26(24,25)19-7-5-4-6-15(19)2/h4-13,23H,1-3H3,(H,21,22). The summed E-state index contributed by atoms with van der Waals surface area (Å²) < 4.78 is 27.6. The van der Waals surface area contributed by atoms with Crippen LogP contribution in [0.4, 0.5) is 17.2 Å². The average Bonchev–Trinajstić information content (AvgIpc) is 2.59. The van der Waals surface area contributed by atoms with Crippen LogP contribution in [0, 0.1) is 20.8 Å². The molecule has 3 rings (SSSR count). The normalized spacial score (nSPS) is 11.2. The Morgan fingerprint density at radius 2 is 1.65 bits per heavy atom. The predicted molar refractivity (Wildman–Crippen MR) is 105 cm³/mol. The maximum Gasteiger partial charge on any atom is 0.262 e. The van der Waals surface area contributed by atoms with Crippen molar-refractivity contribution in [3.05, 3.63) is 77.5 Å². The Kier molecular flexibility index (Phi) is 4.95. The third kappa shape index (κ3) is 4.03. The fourth-order valence-corrected chi connectivity index (χ4v) is 3.98. The molecular formula is C20H21N3O2S. The molecule has 3 aromatic rings. The van der Waals surface area contributed by atoms with Gasteiger partial charge < -0.3 is 5.32 Å². The van der Waals surface area contributed by atoms with Crippen LogP contribution in [0.1, 0.15) is 16.7 Å². The zero-order valence-electron chi connectivity index (χ0n) is 14.9. The largest absolute Gasteiger partial charge is 0.340 e. The van der Waals surface area contributed by atoms with Crippen LogP contribution in [0.5, 0.6) is 0 Å². The molecule has 134 valence electrons. The van der Waals surface area contributed by atoms with E-state index in [9.17, 15) is 8.42 Å². The van der Waals surface area contributed by atoms with Gasteiger partial charge in [0.25, 0.3) is 10.0 Å². The molecule has 0 atom stereocenters. The van der Waals surface area contributed by atoms with Gasteiger partial charge in [0.1, 0.15) is 5.82 Å². The van der Waals surface area contributed by atoms with Crippen molar-refractivity contribution in [2.75, 3.05) is 10.0 Å². The molecular weight excluding hydrogens is 346 g/mol. The minimum absolute atomic E-state index is 0.262. The number of rotatable bonds is 5. The third-order valence-electron chi connectivity index (χ3n) is 4.04. The van der Waals surface area contributed by atoms with Gasteiger partial charge >= 0.3 is 0 Å². The maximum atomic E-state index is 12.5. The summed E-state index contributed by atoms with van der Waals surface area (Å²) in [5, 5.41) is 3.24. The Labute approximate surface area is 154 Å². The van der Waals surface area contributed by atoms with Gasteiger partial charge in [0.2, 0.25) is 0 Å². The molecule has 0 amide bonds. The SMILES string of the molecule is Cc1ccc(Nc2ccc(NS(=O)(=O)c3ccccc3C)cn2)c(C)c1. The minimum atomic E-state index is -3.64. The number of nitrogens with one attached hydrogen (secondary N) is 2. The zero-order chi connectivity index (χ0) is 18.7. The van der Waals surface area contributed by atoms with E-state index < -0.39 is 10.0 Å². The number of hydrogen-bond acceptors (Lipinski definition) is 4. The monoisotopic (exact) mass is 367 g/mol. The van der Waals surface area contributed by atoms with E-state index in [2.05, 4.69) is 21.1 Å². The van der Waals surface area contributed by atoms with Crippen LogP contribution >= 0.6 is 0 Å². The van der Waals surface area contributed by atoms with Gasteiger partial charge in [0.15, 0.2) is 0 Å². The van der Waals surface area contributed by atoms with Crippen molar-refractivity contribution in [2.45, 2.75) is 25.7 Å². The molecule has 0 saturated carbocycles. The van der Waals surface area contributed by atoms with Crippen molar-refractivity contribution < 1.29 is 8.42 Å². The highest BCUT2D eigenvalue weighted by Gasteiger charge is 2.16. The Hall–Kier alpha value is -2.86. The lowest BCUT2D eigenvalue weighted by atomic mass is 10.1. The van der Waals surface area contributed by atoms with Crippen molar-refractivity contribution in [1.82, 2.24) is 4.98 Å². The van der Waals surface area contributed by atoms with Crippen molar-refractivity contribution in [3.8, 4) is 0 Å². The Balaban J connectivity index is 1.76. The molecule has 1 aromatic heterocycles. The van der Waals surface area contributed by atoms with E-state index in [0.29, 0.717) is 17.1 Å². The Bertz CT molecular complexity index is 1030. The minimum Gasteiger partial charge on any atom is -0.340 e. The highest BCUT2D eigenvalue weighted by molar-refractivity contribution is 7.92. The van der Waals surface area contributed by atoms with Crippen molar-refractivity contribution in [1.29, 1.82) is 0 Å². The Morgan fingerprint density at radius 3 is 2.31 bits per heavy atom. The smallest absolute Gasteiger partial charge is 0.262 e. The summed E-state index contributed by atoms with van der Waals surface area (Å²) in [4.78, 5) is 4.56. The highest BCUT2D eigenvalue weighted by Crippen LogP contribution is 2.22. The predicted octanol–water partition coefficient (Wildman–Crippen LogP) is 4.55. The number of benzene rings is 2. The van der Waals surface area contributed by atoms with Crippen LogP contribution in [0.2, 0.25) is 0 Å². The first kappa shape index (κ1) is 17.9. The van der Waals surface area contributed by atoms with Crippen LogP contribution in [0.25, 0.3) is 0 Å². The molecule has 5 nitrogen and oxygen atoms in total. The Morgan fingerprint density at radius 1 is 0.885 bits per heavy atom. The molecule has 0 aliphatic rings. The van der Waals surface area contributed by atoms with Gasteiger partial charge in [0.05, 0.1) is 16.8 Å². The number of anilines is 3. The second-order valence-corrected chi connectivity index (χ2v) is 7.90. The molecule has 6 heteroatoms. The molecule has 2 N–H and O–H groups in total. The number of pyridine rings is 1. The second-order valence-electron chi connectivity index (χ2n) is 6.25. The average molecular weight is 367 g/mol. The van der Waals surface area contributed by atoms with Crippen LogP contribution < -0.4 is 10.0 Å². The summed E-state index contributed by atoms with van der Waals surface area (Å²) in [7, 11) is -3.64. The first-order valence-electron chi connectivity index (χ1n) is 8.24. The van der Waals surface area contributed by atoms with E-state index >= 15 is 0 Å². The fraction of sp³-hybridized carbons (Fsp3) is 0.150. The number of nitrogens with zero attached hydrogens (tertiary/aromatic N) is 1. The van der Waals surface area contributed by atoms with Crippen LogP contribution in [0.15, 0.2) is 65.7 Å². The topological polar surface area (TPSA) is 71.1 Å². The molecule has 1 heterocycles. The van der Waals surface area contributed by atoms with E-state index in [1.54, 1.807) is 37.3 Å². The van der Waals surface area contributed by atoms with Crippen molar-refractivity contribution in [2.24, 2.45) is 0 Å². The van der Waals surface area contributed by atoms with E-state index in [0.717, 1.165) is 11.3 Å². The van der Waals surface area contributed by atoms with Crippen molar-refractivity contribution >= 4 is 27.2 Å². The number of hydrogen-bond donors (Lipinski definition) is 2. The maximum absolute atomic E-state index is 12.5. The summed E-state index contributed by atoms with van der Waals surface area (Å²) in [5.74, 6) is 0.649. The molecule has 0 fully saturated rings. The van der Waals surface area contributed by atoms with Crippen LogP contribution in [-0.4, -0.2) is 13.4 Å². The highest BCUT2D eigenvalue weighted by atomic mass is 32.2. The number of aromatic nitrogens is 1. The van der Waals surface area contributed by atoms with Crippen LogP contribution in [0.3, 0.4) is 0 Å². The summed E-state index contributed by atoms with van der Waals surface area (Å²) in [6.07, 6.45) is 1.50. The van der Waals surface area contributed by atoms with Gasteiger partial charge in [-0.25, -0.2) is 13.4 Å². The van der Waals surface area contributed by atoms with Gasteiger partial charge in [-0.3, -0.25) is 4.72 Å². The fourth-order valence-electron chi connectivity index (χ4n) is 2.69. The summed E-state index contributed by atoms with van der Waals surface area (Å²) in [5.41, 5.74) is 4.40. The second kappa shape index (κ2) is 7.17. The zero-order valence-corrected chi connectivity index (χ0v) is 15.8. The molecule has 0 aliphatic heterocycles. The van der Waals surface area contributed by atoms with Crippen LogP contribution in [-0.2, 0) is 10.0 Å². The molecule has 2 aromatic carbocycles. The van der Waals surface area contributed by atoms with Gasteiger partial charge in [-0.05, 0) is 56.2 Å². The molecule has 0 bridgehead atoms. The van der Waals surface area contributed by atoms with E-state index in [4.69, 9.17) is 0 Å². The summed E-state index contributed by atoms with van der Waals surface area (Å²) in [6, 6.07) is 16.4. The lowest BCUT2D eigenvalue weighted by molar-refractivity contribution is 0.600. The molecule has 0 radical (unpaired) electrons. The first-order chi connectivity index (χ1) is 12.3. The molecule has 26 heavy (non-hydrogen) atoms. The van der Waals surface area contributed by atoms with Crippen molar-refractivity contribution in [3.63, 3.8) is 0 Å². The number of sulfonamides is 1. The van der Waals surface area contributed by atoms with E-state index in [1.807, 2.05) is 32.0 Å². The third-order valence-corrected chi connectivity index (χ3v) is 5.58. The first-order valence-corrected chi connectivity index (χ1v) is 9.72. The molecule has 0 aliphatic carbocycles. The number of aryl methyl sites for hydroxylation is 3. The molecule has 0 unspecified atom stereocenters. The summed E-state index contributed by atoms with van der Waals surface area (Å²) in [6.45, 7) is 5.84. The van der Waals surface area contributed by atoms with Gasteiger partial charge in [-0.1, -0.05) is 35.9 Å². The van der Waals surface area contributed by atoms with E-state index in [-0.39, 0.29) is 4.90 Å². The summed E-state index contributed by atoms with van der Waals surface area (Å²) >= 11 is 0. The van der Waals surface area contributed by atoms with E-state index in [1.165, 1.54) is 11.8 Å². The lowest BCUT2D eigenvalue weighted by Gasteiger charge is -2.12. The molecule has 0 spiro atoms.